The number of unbranched alkanes of at least 4 members (excludes halogenated alkanes) is 1. The molecule has 3 aromatic heterocycles. The minimum Gasteiger partial charge on any atom is -0.456 e. The van der Waals surface area contributed by atoms with E-state index in [2.05, 4.69) is 122 Å². The molecular formula is C48H33N3O2. The smallest absolute Gasteiger partial charge is 0.165 e. The zero-order valence-electron chi connectivity index (χ0n) is 29.1. The highest BCUT2D eigenvalue weighted by atomic mass is 16.3. The van der Waals surface area contributed by atoms with Gasteiger partial charge in [-0.15, -0.1) is 0 Å². The molecule has 10 aromatic rings. The van der Waals surface area contributed by atoms with E-state index in [9.17, 15) is 0 Å². The second kappa shape index (κ2) is 12.7. The molecular weight excluding hydrogens is 651 g/mol. The first-order valence-electron chi connectivity index (χ1n) is 18.1. The van der Waals surface area contributed by atoms with Gasteiger partial charge in [-0.25, -0.2) is 15.0 Å². The van der Waals surface area contributed by atoms with Crippen molar-refractivity contribution in [3.05, 3.63) is 157 Å². The fourth-order valence-corrected chi connectivity index (χ4v) is 7.39. The third-order valence-corrected chi connectivity index (χ3v) is 10.0. The molecule has 0 unspecified atom stereocenters. The van der Waals surface area contributed by atoms with Gasteiger partial charge in [-0.05, 0) is 82.4 Å². The molecule has 10 rings (SSSR count). The van der Waals surface area contributed by atoms with Crippen LogP contribution in [0.2, 0.25) is 0 Å². The number of allylic oxidation sites excluding steroid dienone is 1. The molecule has 0 amide bonds. The summed E-state index contributed by atoms with van der Waals surface area (Å²) in [6, 6.07) is 50.1. The van der Waals surface area contributed by atoms with Crippen LogP contribution in [0.15, 0.2) is 161 Å². The molecule has 0 radical (unpaired) electrons. The zero-order valence-corrected chi connectivity index (χ0v) is 29.1. The first-order valence-corrected chi connectivity index (χ1v) is 18.1. The van der Waals surface area contributed by atoms with Gasteiger partial charge in [0.1, 0.15) is 22.3 Å². The van der Waals surface area contributed by atoms with Gasteiger partial charge in [0.05, 0.1) is 0 Å². The number of rotatable bonds is 7. The van der Waals surface area contributed by atoms with Crippen LogP contribution >= 0.6 is 0 Å². The third-order valence-electron chi connectivity index (χ3n) is 10.0. The molecule has 0 saturated carbocycles. The summed E-state index contributed by atoms with van der Waals surface area (Å²) in [5, 5.41) is 6.34. The Morgan fingerprint density at radius 2 is 1.09 bits per heavy atom. The highest BCUT2D eigenvalue weighted by Gasteiger charge is 2.22. The summed E-state index contributed by atoms with van der Waals surface area (Å²) in [5.41, 5.74) is 9.23. The van der Waals surface area contributed by atoms with Crippen molar-refractivity contribution in [3.63, 3.8) is 0 Å². The number of benzene rings is 7. The summed E-state index contributed by atoms with van der Waals surface area (Å²) >= 11 is 0. The Morgan fingerprint density at radius 3 is 1.91 bits per heavy atom. The van der Waals surface area contributed by atoms with E-state index in [0.717, 1.165) is 95.3 Å². The Labute approximate surface area is 305 Å². The number of nitrogens with zero attached hydrogens (tertiary/aromatic N) is 3. The Hall–Kier alpha value is -6.85. The van der Waals surface area contributed by atoms with E-state index in [-0.39, 0.29) is 0 Å². The number of para-hydroxylation sites is 2. The molecule has 0 fully saturated rings. The normalized spacial score (nSPS) is 11.9. The predicted octanol–water partition coefficient (Wildman–Crippen LogP) is 13.3. The highest BCUT2D eigenvalue weighted by molar-refractivity contribution is 6.15. The Kier molecular flexibility index (Phi) is 7.43. The number of hydrogen-bond acceptors (Lipinski definition) is 5. The first-order chi connectivity index (χ1) is 26.2. The van der Waals surface area contributed by atoms with Crippen LogP contribution in [0.5, 0.6) is 0 Å². The molecule has 7 aromatic carbocycles. The van der Waals surface area contributed by atoms with Crippen LogP contribution in [0, 0.1) is 0 Å². The van der Waals surface area contributed by atoms with Crippen LogP contribution in [-0.4, -0.2) is 15.0 Å². The van der Waals surface area contributed by atoms with Gasteiger partial charge in [-0.1, -0.05) is 123 Å². The summed E-state index contributed by atoms with van der Waals surface area (Å²) in [6.45, 7) is 2.19. The topological polar surface area (TPSA) is 65.0 Å². The van der Waals surface area contributed by atoms with Gasteiger partial charge in [0.2, 0.25) is 0 Å². The molecule has 0 aliphatic heterocycles. The largest absolute Gasteiger partial charge is 0.456 e. The van der Waals surface area contributed by atoms with Gasteiger partial charge in [-0.2, -0.15) is 0 Å². The van der Waals surface area contributed by atoms with E-state index in [1.54, 1.807) is 0 Å². The summed E-state index contributed by atoms with van der Waals surface area (Å²) in [7, 11) is 0. The average molecular weight is 684 g/mol. The zero-order chi connectivity index (χ0) is 35.3. The standard InChI is InChI=1S/C48H33N3O2/c1-2-3-4-11-30-18-20-32(21-19-30)36-25-27-43-44(38-15-8-10-17-41(38)53-43)45(36)48-50-46(34-23-22-31-12-5-6-13-33(31)28-34)49-47(51-48)35-24-26-42-39(29-35)37-14-7-9-16-40(37)52-42/h4-29H,2-3H2,1H3/b11-4-. The first kappa shape index (κ1) is 30.9. The van der Waals surface area contributed by atoms with E-state index >= 15 is 0 Å². The SMILES string of the molecule is CCC/C=C\c1ccc(-c2ccc3oc4ccccc4c3c2-c2nc(-c3ccc4ccccc4c3)nc(-c3ccc4oc5ccccc5c4c3)n2)cc1. The van der Waals surface area contributed by atoms with Crippen molar-refractivity contribution in [2.75, 3.05) is 0 Å². The lowest BCUT2D eigenvalue weighted by Gasteiger charge is -2.14. The van der Waals surface area contributed by atoms with E-state index in [1.165, 1.54) is 5.56 Å². The molecule has 53 heavy (non-hydrogen) atoms. The second-order valence-corrected chi connectivity index (χ2v) is 13.4. The number of fused-ring (bicyclic) bond motifs is 7. The van der Waals surface area contributed by atoms with E-state index in [0.29, 0.717) is 17.5 Å². The minimum absolute atomic E-state index is 0.578. The maximum absolute atomic E-state index is 6.45. The average Bonchev–Trinajstić information content (AvgIpc) is 3.79. The molecule has 0 saturated heterocycles. The summed E-state index contributed by atoms with van der Waals surface area (Å²) in [4.78, 5) is 15.8. The number of hydrogen-bond donors (Lipinski definition) is 0. The van der Waals surface area contributed by atoms with Crippen LogP contribution in [-0.2, 0) is 0 Å². The van der Waals surface area contributed by atoms with Gasteiger partial charge < -0.3 is 8.83 Å². The molecule has 0 N–H and O–H groups in total. The van der Waals surface area contributed by atoms with Gasteiger partial charge in [0.15, 0.2) is 17.5 Å². The lowest BCUT2D eigenvalue weighted by atomic mass is 9.94. The molecule has 5 heteroatoms. The Balaban J connectivity index is 1.25. The maximum Gasteiger partial charge on any atom is 0.165 e. The number of aromatic nitrogens is 3. The third kappa shape index (κ3) is 5.45. The monoisotopic (exact) mass is 683 g/mol. The molecule has 0 bridgehead atoms. The van der Waals surface area contributed by atoms with Crippen molar-refractivity contribution in [2.45, 2.75) is 19.8 Å². The van der Waals surface area contributed by atoms with Crippen LogP contribution in [0.1, 0.15) is 25.3 Å². The van der Waals surface area contributed by atoms with Gasteiger partial charge >= 0.3 is 0 Å². The molecule has 252 valence electrons. The molecule has 0 aliphatic rings. The van der Waals surface area contributed by atoms with Crippen molar-refractivity contribution < 1.29 is 8.83 Å². The molecule has 5 nitrogen and oxygen atoms in total. The molecule has 0 atom stereocenters. The van der Waals surface area contributed by atoms with Crippen LogP contribution in [0.25, 0.3) is 106 Å². The van der Waals surface area contributed by atoms with Crippen LogP contribution < -0.4 is 0 Å². The van der Waals surface area contributed by atoms with E-state index < -0.39 is 0 Å². The lowest BCUT2D eigenvalue weighted by Crippen LogP contribution is -2.01. The molecule has 0 spiro atoms. The van der Waals surface area contributed by atoms with Gasteiger partial charge in [-0.3, -0.25) is 0 Å². The van der Waals surface area contributed by atoms with Crippen molar-refractivity contribution >= 4 is 60.7 Å². The van der Waals surface area contributed by atoms with Crippen LogP contribution in [0.3, 0.4) is 0 Å². The Morgan fingerprint density at radius 1 is 0.491 bits per heavy atom. The van der Waals surface area contributed by atoms with Gasteiger partial charge in [0, 0.05) is 38.2 Å². The lowest BCUT2D eigenvalue weighted by molar-refractivity contribution is 0.668. The van der Waals surface area contributed by atoms with E-state index in [1.807, 2.05) is 42.5 Å². The molecule has 3 heterocycles. The summed E-state index contributed by atoms with van der Waals surface area (Å²) in [5.74, 6) is 1.76. The second-order valence-electron chi connectivity index (χ2n) is 13.4. The maximum atomic E-state index is 6.45. The highest BCUT2D eigenvalue weighted by Crippen LogP contribution is 2.43. The summed E-state index contributed by atoms with van der Waals surface area (Å²) in [6.07, 6.45) is 6.60. The van der Waals surface area contributed by atoms with Crippen molar-refractivity contribution in [1.29, 1.82) is 0 Å². The number of furan rings is 2. The van der Waals surface area contributed by atoms with Crippen molar-refractivity contribution in [2.24, 2.45) is 0 Å². The van der Waals surface area contributed by atoms with Crippen molar-refractivity contribution in [3.8, 4) is 45.3 Å². The molecule has 0 aliphatic carbocycles. The van der Waals surface area contributed by atoms with Gasteiger partial charge in [0.25, 0.3) is 0 Å². The Bertz CT molecular complexity index is 3020. The fourth-order valence-electron chi connectivity index (χ4n) is 7.39. The van der Waals surface area contributed by atoms with Crippen molar-refractivity contribution in [1.82, 2.24) is 15.0 Å². The van der Waals surface area contributed by atoms with Crippen LogP contribution in [0.4, 0.5) is 0 Å². The minimum atomic E-state index is 0.578. The predicted molar refractivity (Wildman–Crippen MR) is 218 cm³/mol. The summed E-state index contributed by atoms with van der Waals surface area (Å²) < 4.78 is 12.6. The van der Waals surface area contributed by atoms with E-state index in [4.69, 9.17) is 23.8 Å². The quantitative estimate of drug-likeness (QED) is 0.167. The fraction of sp³-hybridized carbons (Fsp3) is 0.0625.